The number of rotatable bonds is 4. The Morgan fingerprint density at radius 2 is 1.79 bits per heavy atom. The van der Waals surface area contributed by atoms with Crippen molar-refractivity contribution >= 4 is 0 Å². The van der Waals surface area contributed by atoms with Crippen LogP contribution in [0.2, 0.25) is 0 Å². The lowest BCUT2D eigenvalue weighted by atomic mass is 9.98. The molecule has 3 atom stereocenters. The Balaban J connectivity index is 2.53. The van der Waals surface area contributed by atoms with E-state index in [9.17, 15) is 5.11 Å². The van der Waals surface area contributed by atoms with Crippen LogP contribution in [0.15, 0.2) is 0 Å². The highest BCUT2D eigenvalue weighted by molar-refractivity contribution is 4.87. The Hall–Kier alpha value is -0.0800. The zero-order valence-electron chi connectivity index (χ0n) is 10.0. The van der Waals surface area contributed by atoms with Crippen LogP contribution in [0.1, 0.15) is 46.5 Å². The van der Waals surface area contributed by atoms with Crippen molar-refractivity contribution in [2.24, 2.45) is 11.8 Å². The fourth-order valence-electron chi connectivity index (χ4n) is 2.89. The van der Waals surface area contributed by atoms with Gasteiger partial charge in [0.1, 0.15) is 6.23 Å². The molecule has 1 aliphatic carbocycles. The molecule has 2 heteroatoms. The van der Waals surface area contributed by atoms with E-state index in [1.165, 1.54) is 12.8 Å². The van der Waals surface area contributed by atoms with Crippen molar-refractivity contribution in [3.05, 3.63) is 0 Å². The lowest BCUT2D eigenvalue weighted by molar-refractivity contribution is -0.0300. The fourth-order valence-corrected chi connectivity index (χ4v) is 2.89. The van der Waals surface area contributed by atoms with E-state index in [2.05, 4.69) is 32.7 Å². The summed E-state index contributed by atoms with van der Waals surface area (Å²) in [6.07, 6.45) is 4.34. The van der Waals surface area contributed by atoms with Gasteiger partial charge < -0.3 is 5.11 Å². The molecule has 1 saturated carbocycles. The van der Waals surface area contributed by atoms with E-state index in [1.54, 1.807) is 0 Å². The molecule has 0 spiro atoms. The summed E-state index contributed by atoms with van der Waals surface area (Å²) in [7, 11) is 2.07. The normalized spacial score (nSPS) is 35.1. The van der Waals surface area contributed by atoms with Gasteiger partial charge in [0.15, 0.2) is 0 Å². The van der Waals surface area contributed by atoms with Crippen molar-refractivity contribution in [2.75, 3.05) is 7.05 Å². The van der Waals surface area contributed by atoms with Crippen LogP contribution < -0.4 is 0 Å². The summed E-state index contributed by atoms with van der Waals surface area (Å²) in [5.74, 6) is 1.48. The monoisotopic (exact) mass is 199 g/mol. The maximum Gasteiger partial charge on any atom is 0.107 e. The van der Waals surface area contributed by atoms with Crippen molar-refractivity contribution in [1.82, 2.24) is 4.90 Å². The molecule has 1 aliphatic rings. The molecule has 0 radical (unpaired) electrons. The Bertz CT molecular complexity index is 162. The molecule has 0 aliphatic heterocycles. The summed E-state index contributed by atoms with van der Waals surface area (Å²) in [6.45, 7) is 6.74. The van der Waals surface area contributed by atoms with Gasteiger partial charge in [-0.05, 0) is 38.1 Å². The van der Waals surface area contributed by atoms with Crippen molar-refractivity contribution in [1.29, 1.82) is 0 Å². The van der Waals surface area contributed by atoms with Gasteiger partial charge in [0.2, 0.25) is 0 Å². The minimum absolute atomic E-state index is 0.243. The highest BCUT2D eigenvalue weighted by Crippen LogP contribution is 2.34. The second-order valence-electron chi connectivity index (χ2n) is 4.96. The third-order valence-electron chi connectivity index (χ3n) is 3.73. The van der Waals surface area contributed by atoms with E-state index < -0.39 is 0 Å². The van der Waals surface area contributed by atoms with Crippen LogP contribution in [-0.4, -0.2) is 29.3 Å². The zero-order chi connectivity index (χ0) is 10.7. The molecule has 3 unspecified atom stereocenters. The predicted molar refractivity (Wildman–Crippen MR) is 60.0 cm³/mol. The Morgan fingerprint density at radius 1 is 1.29 bits per heavy atom. The summed E-state index contributed by atoms with van der Waals surface area (Å²) >= 11 is 0. The first kappa shape index (κ1) is 12.0. The molecule has 0 aromatic rings. The van der Waals surface area contributed by atoms with Crippen LogP contribution in [0.25, 0.3) is 0 Å². The third kappa shape index (κ3) is 2.48. The van der Waals surface area contributed by atoms with Gasteiger partial charge in [-0.3, -0.25) is 4.90 Å². The van der Waals surface area contributed by atoms with Crippen molar-refractivity contribution in [3.8, 4) is 0 Å². The summed E-state index contributed by atoms with van der Waals surface area (Å²) in [4.78, 5) is 2.19. The van der Waals surface area contributed by atoms with Gasteiger partial charge in [0.25, 0.3) is 0 Å². The number of hydrogen-bond donors (Lipinski definition) is 1. The Kier molecular flexibility index (Phi) is 4.39. The smallest absolute Gasteiger partial charge is 0.107 e. The van der Waals surface area contributed by atoms with Gasteiger partial charge in [0.05, 0.1) is 0 Å². The molecule has 0 aromatic heterocycles. The number of aliphatic hydroxyl groups excluding tert-OH is 1. The molecule has 1 fully saturated rings. The molecular weight excluding hydrogens is 174 g/mol. The average Bonchev–Trinajstić information content (AvgIpc) is 2.46. The van der Waals surface area contributed by atoms with E-state index in [1.807, 2.05) is 0 Å². The summed E-state index contributed by atoms with van der Waals surface area (Å²) in [5.41, 5.74) is 0. The SMILES string of the molecule is CCCC(O)N(C)C1C(C)CCC1C. The highest BCUT2D eigenvalue weighted by Gasteiger charge is 2.35. The van der Waals surface area contributed by atoms with Crippen molar-refractivity contribution in [2.45, 2.75) is 58.7 Å². The van der Waals surface area contributed by atoms with Crippen LogP contribution in [0.5, 0.6) is 0 Å². The molecule has 0 heterocycles. The summed E-state index contributed by atoms with van der Waals surface area (Å²) in [6, 6.07) is 0.580. The summed E-state index contributed by atoms with van der Waals surface area (Å²) < 4.78 is 0. The lowest BCUT2D eigenvalue weighted by Crippen LogP contribution is -2.44. The largest absolute Gasteiger partial charge is 0.378 e. The van der Waals surface area contributed by atoms with Gasteiger partial charge in [-0.1, -0.05) is 27.2 Å². The van der Waals surface area contributed by atoms with E-state index >= 15 is 0 Å². The maximum atomic E-state index is 9.94. The molecular formula is C12H25NO. The molecule has 2 nitrogen and oxygen atoms in total. The molecule has 0 aromatic carbocycles. The number of aliphatic hydroxyl groups is 1. The minimum Gasteiger partial charge on any atom is -0.378 e. The number of nitrogens with zero attached hydrogens (tertiary/aromatic N) is 1. The zero-order valence-corrected chi connectivity index (χ0v) is 10.0. The minimum atomic E-state index is -0.243. The van der Waals surface area contributed by atoms with Crippen molar-refractivity contribution in [3.63, 3.8) is 0 Å². The van der Waals surface area contributed by atoms with Crippen LogP contribution in [0.3, 0.4) is 0 Å². The lowest BCUT2D eigenvalue weighted by Gasteiger charge is -2.34. The average molecular weight is 199 g/mol. The second-order valence-corrected chi connectivity index (χ2v) is 4.96. The van der Waals surface area contributed by atoms with Gasteiger partial charge in [-0.25, -0.2) is 0 Å². The highest BCUT2D eigenvalue weighted by atomic mass is 16.3. The Morgan fingerprint density at radius 3 is 2.21 bits per heavy atom. The van der Waals surface area contributed by atoms with Crippen LogP contribution >= 0.6 is 0 Å². The molecule has 0 saturated heterocycles. The van der Waals surface area contributed by atoms with E-state index in [-0.39, 0.29) is 6.23 Å². The second kappa shape index (κ2) is 5.13. The van der Waals surface area contributed by atoms with Gasteiger partial charge in [0, 0.05) is 6.04 Å². The molecule has 1 N–H and O–H groups in total. The maximum absolute atomic E-state index is 9.94. The van der Waals surface area contributed by atoms with Crippen LogP contribution in [-0.2, 0) is 0 Å². The quantitative estimate of drug-likeness (QED) is 0.703. The number of hydrogen-bond acceptors (Lipinski definition) is 2. The van der Waals surface area contributed by atoms with Crippen LogP contribution in [0, 0.1) is 11.8 Å². The third-order valence-corrected chi connectivity index (χ3v) is 3.73. The van der Waals surface area contributed by atoms with E-state index in [0.29, 0.717) is 6.04 Å². The molecule has 0 amide bonds. The molecule has 1 rings (SSSR count). The topological polar surface area (TPSA) is 23.5 Å². The summed E-state index contributed by atoms with van der Waals surface area (Å²) in [5, 5.41) is 9.94. The molecule has 14 heavy (non-hydrogen) atoms. The first-order chi connectivity index (χ1) is 6.57. The van der Waals surface area contributed by atoms with E-state index in [0.717, 1.165) is 24.7 Å². The van der Waals surface area contributed by atoms with Gasteiger partial charge in [-0.2, -0.15) is 0 Å². The standard InChI is InChI=1S/C12H25NO/c1-5-6-11(14)13(4)12-9(2)7-8-10(12)3/h9-12,14H,5-8H2,1-4H3. The van der Waals surface area contributed by atoms with E-state index in [4.69, 9.17) is 0 Å². The fraction of sp³-hybridized carbons (Fsp3) is 1.00. The Labute approximate surface area is 88.3 Å². The van der Waals surface area contributed by atoms with Gasteiger partial charge in [-0.15, -0.1) is 0 Å². The first-order valence-electron chi connectivity index (χ1n) is 5.98. The van der Waals surface area contributed by atoms with Crippen molar-refractivity contribution < 1.29 is 5.11 Å². The van der Waals surface area contributed by atoms with Crippen LogP contribution in [0.4, 0.5) is 0 Å². The first-order valence-corrected chi connectivity index (χ1v) is 5.98. The molecule has 0 bridgehead atoms. The molecule has 84 valence electrons. The predicted octanol–water partition coefficient (Wildman–Crippen LogP) is 2.47. The van der Waals surface area contributed by atoms with Gasteiger partial charge >= 0.3 is 0 Å².